The van der Waals surface area contributed by atoms with Crippen LogP contribution in [0.15, 0.2) is 0 Å². The van der Waals surface area contributed by atoms with Gasteiger partial charge in [0.1, 0.15) is 0 Å². The molecule has 3 saturated carbocycles. The molecule has 0 aromatic rings. The van der Waals surface area contributed by atoms with E-state index in [-0.39, 0.29) is 0 Å². The molecule has 6 heteroatoms. The third kappa shape index (κ3) is 8.98. The van der Waals surface area contributed by atoms with Crippen molar-refractivity contribution in [2.24, 2.45) is 0 Å². The fourth-order valence-electron chi connectivity index (χ4n) is 7.37. The van der Waals surface area contributed by atoms with E-state index in [9.17, 15) is 0 Å². The molecule has 0 atom stereocenters. The van der Waals surface area contributed by atoms with Gasteiger partial charge >= 0.3 is 233 Å². The molecule has 0 saturated heterocycles. The van der Waals surface area contributed by atoms with Gasteiger partial charge in [-0.2, -0.15) is 0 Å². The first-order chi connectivity index (χ1) is 17.7. The molecule has 212 valence electrons. The molecule has 0 aromatic heterocycles. The molecule has 0 N–H and O–H groups in total. The van der Waals surface area contributed by atoms with E-state index in [1.165, 1.54) is 96.3 Å². The van der Waals surface area contributed by atoms with E-state index in [4.69, 9.17) is 10.9 Å². The Hall–Kier alpha value is 0.940. The van der Waals surface area contributed by atoms with Gasteiger partial charge in [-0.1, -0.05) is 0 Å². The minimum absolute atomic E-state index is 0.745. The van der Waals surface area contributed by atoms with E-state index in [0.717, 1.165) is 75.0 Å². The van der Waals surface area contributed by atoms with Gasteiger partial charge in [0.15, 0.2) is 0 Å². The summed E-state index contributed by atoms with van der Waals surface area (Å²) < 4.78 is 28.6. The van der Waals surface area contributed by atoms with Gasteiger partial charge in [-0.05, 0) is 0 Å². The molecule has 3 fully saturated rings. The summed E-state index contributed by atoms with van der Waals surface area (Å²) in [6.45, 7) is 8.99. The Kier molecular flexibility index (Phi) is 15.4. The number of hydrogen-bond donors (Lipinski definition) is 0. The van der Waals surface area contributed by atoms with Crippen LogP contribution in [-0.4, -0.2) is 28.1 Å². The molecule has 0 unspecified atom stereocenters. The second-order valence-electron chi connectivity index (χ2n) is 12.1. The van der Waals surface area contributed by atoms with Crippen molar-refractivity contribution >= 4 is 8.32 Å². The van der Waals surface area contributed by atoms with Gasteiger partial charge in [0.2, 0.25) is 0 Å². The average Bonchev–Trinajstić information content (AvgIpc) is 2.94. The Morgan fingerprint density at radius 3 is 1.08 bits per heavy atom. The summed E-state index contributed by atoms with van der Waals surface area (Å²) in [6, 6.07) is 0. The molecule has 3 rings (SSSR count). The van der Waals surface area contributed by atoms with Gasteiger partial charge in [-0.25, -0.2) is 0 Å². The minimum atomic E-state index is -4.23. The van der Waals surface area contributed by atoms with Crippen molar-refractivity contribution < 1.29 is 33.0 Å². The summed E-state index contributed by atoms with van der Waals surface area (Å²) in [6.07, 6.45) is 27.6. The van der Waals surface area contributed by atoms with Gasteiger partial charge in [0.05, 0.1) is 0 Å². The van der Waals surface area contributed by atoms with Gasteiger partial charge in [-0.3, -0.25) is 0 Å². The van der Waals surface area contributed by atoms with E-state index < -0.39 is 30.3 Å². The van der Waals surface area contributed by atoms with E-state index in [1.54, 1.807) is 0 Å². The second-order valence-corrected chi connectivity index (χ2v) is 22.5. The van der Waals surface area contributed by atoms with Crippen LogP contribution in [-0.2, 0) is 33.0 Å². The molecule has 0 aromatic carbocycles. The van der Waals surface area contributed by atoms with Crippen LogP contribution in [0.1, 0.15) is 156 Å². The van der Waals surface area contributed by atoms with Crippen molar-refractivity contribution in [3.05, 3.63) is 0 Å². The van der Waals surface area contributed by atoms with Crippen molar-refractivity contribution in [2.75, 3.05) is 19.8 Å². The normalized spacial score (nSPS) is 21.8. The van der Waals surface area contributed by atoms with Crippen molar-refractivity contribution in [3.63, 3.8) is 0 Å². The summed E-state index contributed by atoms with van der Waals surface area (Å²) in [5.41, 5.74) is 2.36. The topological polar surface area (TPSA) is 36.9 Å². The van der Waals surface area contributed by atoms with E-state index in [0.29, 0.717) is 0 Å². The molecule has 0 bridgehead atoms. The Balaban J connectivity index is 2.02. The standard InChI is InChI=1S/C18H33OSi.3C4H9O.Zr/c19-20(16-10-4-1-5-11-16,17-12-6-2-7-13-17)18-14-8-3-9-15-18;3*1-2-3-4-5;/h16-18H,1-15H2;3*2-4H2,1H3;/q4*-1;+4. The van der Waals surface area contributed by atoms with Crippen LogP contribution in [0.25, 0.3) is 0 Å². The predicted octanol–water partition coefficient (Wildman–Crippen LogP) is 10.2. The maximum atomic E-state index is 7.97. The molecular formula is C30H60O4SiZr. The van der Waals surface area contributed by atoms with Gasteiger partial charge in [-0.15, -0.1) is 0 Å². The Morgan fingerprint density at radius 2 is 0.806 bits per heavy atom. The molecule has 36 heavy (non-hydrogen) atoms. The molecular weight excluding hydrogens is 544 g/mol. The van der Waals surface area contributed by atoms with Crippen molar-refractivity contribution in [2.45, 2.75) is 172 Å². The molecule has 0 spiro atoms. The quantitative estimate of drug-likeness (QED) is 0.122. The molecule has 4 nitrogen and oxygen atoms in total. The SMILES string of the molecule is CCCC[O][Zr]([O]CCCC)([O]CCCC)[O][Si](C1CCCCC1)(C1CCCCC1)C1CCCCC1. The van der Waals surface area contributed by atoms with Crippen molar-refractivity contribution in [1.82, 2.24) is 0 Å². The summed E-state index contributed by atoms with van der Waals surface area (Å²) in [5.74, 6) is 0. The van der Waals surface area contributed by atoms with Crippen molar-refractivity contribution in [1.29, 1.82) is 0 Å². The van der Waals surface area contributed by atoms with Crippen LogP contribution in [0.4, 0.5) is 0 Å². The third-order valence-corrected chi connectivity index (χ3v) is 24.1. The van der Waals surface area contributed by atoms with E-state index >= 15 is 0 Å². The molecule has 3 aliphatic carbocycles. The molecule has 0 radical (unpaired) electrons. The van der Waals surface area contributed by atoms with Crippen molar-refractivity contribution in [3.8, 4) is 0 Å². The predicted molar refractivity (Wildman–Crippen MR) is 150 cm³/mol. The maximum absolute atomic E-state index is 7.97. The third-order valence-electron chi connectivity index (χ3n) is 9.36. The summed E-state index contributed by atoms with van der Waals surface area (Å²) in [5, 5.41) is 0. The number of unbranched alkanes of at least 4 members (excludes halogenated alkanes) is 3. The van der Waals surface area contributed by atoms with Crippen LogP contribution < -0.4 is 0 Å². The van der Waals surface area contributed by atoms with Gasteiger partial charge in [0, 0.05) is 0 Å². The summed E-state index contributed by atoms with van der Waals surface area (Å²) in [7, 11) is -2.19. The first-order valence-corrected chi connectivity index (χ1v) is 22.5. The summed E-state index contributed by atoms with van der Waals surface area (Å²) in [4.78, 5) is 0. The Morgan fingerprint density at radius 1 is 0.500 bits per heavy atom. The zero-order chi connectivity index (χ0) is 25.5. The van der Waals surface area contributed by atoms with Crippen LogP contribution in [0.5, 0.6) is 0 Å². The second kappa shape index (κ2) is 17.6. The fourth-order valence-corrected chi connectivity index (χ4v) is 26.1. The number of rotatable bonds is 17. The Labute approximate surface area is 232 Å². The zero-order valence-electron chi connectivity index (χ0n) is 24.3. The Bertz CT molecular complexity index is 487. The van der Waals surface area contributed by atoms with Crippen LogP contribution in [0, 0.1) is 0 Å². The van der Waals surface area contributed by atoms with Gasteiger partial charge < -0.3 is 0 Å². The van der Waals surface area contributed by atoms with Crippen LogP contribution in [0.3, 0.4) is 0 Å². The van der Waals surface area contributed by atoms with Crippen LogP contribution >= 0.6 is 0 Å². The molecule has 0 amide bonds. The fraction of sp³-hybridized carbons (Fsp3) is 1.00. The van der Waals surface area contributed by atoms with E-state index in [1.807, 2.05) is 0 Å². The zero-order valence-corrected chi connectivity index (χ0v) is 27.8. The molecule has 0 aliphatic heterocycles. The van der Waals surface area contributed by atoms with Gasteiger partial charge in [0.25, 0.3) is 0 Å². The first kappa shape index (κ1) is 31.5. The molecule has 3 aliphatic rings. The monoisotopic (exact) mass is 602 g/mol. The average molecular weight is 604 g/mol. The first-order valence-electron chi connectivity index (χ1n) is 16.3. The van der Waals surface area contributed by atoms with Crippen LogP contribution in [0.2, 0.25) is 16.6 Å². The number of hydrogen-bond acceptors (Lipinski definition) is 4. The molecule has 0 heterocycles. The summed E-state index contributed by atoms with van der Waals surface area (Å²) >= 11 is -4.23. The van der Waals surface area contributed by atoms with E-state index in [2.05, 4.69) is 20.8 Å².